The van der Waals surface area contributed by atoms with Gasteiger partial charge in [-0.3, -0.25) is 4.79 Å². The van der Waals surface area contributed by atoms with Crippen molar-refractivity contribution in [2.24, 2.45) is 0 Å². The standard InChI is InChI=1S/C10H11N5O2S/c1-6(9(16)17)11-7-3-2-4-8(5-7)15-10(18)12-13-14-15/h2-6,11H,1H3,(H,16,17)(H,12,14,18)/t6-/m0/s1. The van der Waals surface area contributed by atoms with Crippen molar-refractivity contribution in [2.75, 3.05) is 5.32 Å². The molecule has 0 unspecified atom stereocenters. The van der Waals surface area contributed by atoms with Gasteiger partial charge in [0.25, 0.3) is 0 Å². The summed E-state index contributed by atoms with van der Waals surface area (Å²) in [6, 6.07) is 6.46. The quantitative estimate of drug-likeness (QED) is 0.719. The van der Waals surface area contributed by atoms with Gasteiger partial charge in [-0.05, 0) is 37.3 Å². The van der Waals surface area contributed by atoms with Crippen LogP contribution in [0.15, 0.2) is 24.3 Å². The summed E-state index contributed by atoms with van der Waals surface area (Å²) in [4.78, 5) is 10.8. The Hall–Kier alpha value is -2.22. The van der Waals surface area contributed by atoms with Gasteiger partial charge in [-0.15, -0.1) is 0 Å². The van der Waals surface area contributed by atoms with Crippen LogP contribution in [0.4, 0.5) is 5.69 Å². The molecule has 0 bridgehead atoms. The van der Waals surface area contributed by atoms with Gasteiger partial charge in [0, 0.05) is 5.69 Å². The molecular formula is C10H11N5O2S. The van der Waals surface area contributed by atoms with Gasteiger partial charge in [-0.25, -0.2) is 4.68 Å². The van der Waals surface area contributed by atoms with Gasteiger partial charge >= 0.3 is 5.97 Å². The van der Waals surface area contributed by atoms with E-state index in [1.807, 2.05) is 6.07 Å². The molecule has 1 atom stereocenters. The first kappa shape index (κ1) is 12.2. The second-order valence-corrected chi connectivity index (χ2v) is 4.04. The Morgan fingerprint density at radius 1 is 1.61 bits per heavy atom. The number of rotatable bonds is 4. The summed E-state index contributed by atoms with van der Waals surface area (Å²) in [5.74, 6) is -0.916. The predicted molar refractivity (Wildman–Crippen MR) is 67.3 cm³/mol. The predicted octanol–water partition coefficient (Wildman–Crippen LogP) is 1.21. The average molecular weight is 265 g/mol. The molecule has 0 spiro atoms. The third-order valence-electron chi connectivity index (χ3n) is 2.33. The molecule has 0 saturated heterocycles. The van der Waals surface area contributed by atoms with Crippen LogP contribution in [0.25, 0.3) is 5.69 Å². The number of nitrogens with one attached hydrogen (secondary N) is 2. The lowest BCUT2D eigenvalue weighted by Crippen LogP contribution is -2.25. The molecule has 2 rings (SSSR count). The number of aliphatic carboxylic acids is 1. The molecule has 1 aromatic heterocycles. The molecule has 94 valence electrons. The third kappa shape index (κ3) is 2.54. The zero-order valence-electron chi connectivity index (χ0n) is 9.49. The lowest BCUT2D eigenvalue weighted by Gasteiger charge is -2.11. The van der Waals surface area contributed by atoms with Crippen molar-refractivity contribution in [1.82, 2.24) is 20.2 Å². The van der Waals surface area contributed by atoms with E-state index in [1.165, 1.54) is 4.68 Å². The van der Waals surface area contributed by atoms with Crippen LogP contribution in [0.5, 0.6) is 0 Å². The Morgan fingerprint density at radius 3 is 3.00 bits per heavy atom. The number of hydrogen-bond acceptors (Lipinski definition) is 5. The van der Waals surface area contributed by atoms with Gasteiger partial charge in [-0.1, -0.05) is 16.4 Å². The number of carboxylic acid groups (broad SMARTS) is 1. The highest BCUT2D eigenvalue weighted by Gasteiger charge is 2.10. The molecule has 1 heterocycles. The van der Waals surface area contributed by atoms with Crippen molar-refractivity contribution < 1.29 is 9.90 Å². The number of nitrogens with zero attached hydrogens (tertiary/aromatic N) is 3. The summed E-state index contributed by atoms with van der Waals surface area (Å²) in [5, 5.41) is 21.6. The van der Waals surface area contributed by atoms with Gasteiger partial charge in [0.1, 0.15) is 6.04 Å². The number of anilines is 1. The average Bonchev–Trinajstić information content (AvgIpc) is 2.75. The van der Waals surface area contributed by atoms with Crippen LogP contribution in [0, 0.1) is 4.77 Å². The Morgan fingerprint density at radius 2 is 2.39 bits per heavy atom. The van der Waals surface area contributed by atoms with Crippen molar-refractivity contribution in [3.05, 3.63) is 29.0 Å². The summed E-state index contributed by atoms with van der Waals surface area (Å²) < 4.78 is 1.82. The van der Waals surface area contributed by atoms with E-state index in [0.29, 0.717) is 10.5 Å². The zero-order chi connectivity index (χ0) is 13.1. The molecule has 2 aromatic rings. The van der Waals surface area contributed by atoms with Crippen molar-refractivity contribution in [3.63, 3.8) is 0 Å². The fraction of sp³-hybridized carbons (Fsp3) is 0.200. The first-order valence-electron chi connectivity index (χ1n) is 5.18. The maximum absolute atomic E-state index is 10.8. The molecule has 0 amide bonds. The number of carbonyl (C=O) groups is 1. The number of aromatic nitrogens is 4. The molecular weight excluding hydrogens is 254 g/mol. The van der Waals surface area contributed by atoms with Crippen molar-refractivity contribution in [3.8, 4) is 5.69 Å². The van der Waals surface area contributed by atoms with Crippen LogP contribution in [0.1, 0.15) is 6.92 Å². The Kier molecular flexibility index (Phi) is 3.38. The molecule has 18 heavy (non-hydrogen) atoms. The van der Waals surface area contributed by atoms with Crippen molar-refractivity contribution in [1.29, 1.82) is 0 Å². The second-order valence-electron chi connectivity index (χ2n) is 3.67. The maximum atomic E-state index is 10.8. The number of H-pyrrole nitrogens is 1. The largest absolute Gasteiger partial charge is 0.480 e. The van der Waals surface area contributed by atoms with Crippen LogP contribution in [0.2, 0.25) is 0 Å². The zero-order valence-corrected chi connectivity index (χ0v) is 10.3. The molecule has 0 radical (unpaired) electrons. The minimum absolute atomic E-state index is 0.304. The molecule has 0 aliphatic rings. The number of benzene rings is 1. The lowest BCUT2D eigenvalue weighted by atomic mass is 10.2. The minimum atomic E-state index is -0.916. The van der Waals surface area contributed by atoms with E-state index in [1.54, 1.807) is 25.1 Å². The molecule has 0 aliphatic carbocycles. The first-order valence-corrected chi connectivity index (χ1v) is 5.58. The lowest BCUT2D eigenvalue weighted by molar-refractivity contribution is -0.137. The van der Waals surface area contributed by atoms with Gasteiger partial charge in [0.15, 0.2) is 0 Å². The number of aromatic amines is 1. The number of tetrazole rings is 1. The highest BCUT2D eigenvalue weighted by molar-refractivity contribution is 7.71. The van der Waals surface area contributed by atoms with Crippen LogP contribution >= 0.6 is 12.2 Å². The Balaban J connectivity index is 2.29. The molecule has 1 aromatic carbocycles. The summed E-state index contributed by atoms with van der Waals surface area (Å²) in [7, 11) is 0. The van der Waals surface area contributed by atoms with Crippen molar-refractivity contribution in [2.45, 2.75) is 13.0 Å². The van der Waals surface area contributed by atoms with Gasteiger partial charge in [0.2, 0.25) is 4.77 Å². The molecule has 8 heteroatoms. The van der Waals surface area contributed by atoms with E-state index < -0.39 is 12.0 Å². The van der Waals surface area contributed by atoms with E-state index in [2.05, 4.69) is 20.8 Å². The number of hydrogen-bond donors (Lipinski definition) is 3. The molecule has 3 N–H and O–H groups in total. The monoisotopic (exact) mass is 265 g/mol. The summed E-state index contributed by atoms with van der Waals surface area (Å²) in [6.45, 7) is 1.57. The fourth-order valence-electron chi connectivity index (χ4n) is 1.41. The second kappa shape index (κ2) is 4.96. The minimum Gasteiger partial charge on any atom is -0.480 e. The Bertz CT molecular complexity index is 620. The van der Waals surface area contributed by atoms with Crippen LogP contribution in [-0.2, 0) is 4.79 Å². The fourth-order valence-corrected chi connectivity index (χ4v) is 1.60. The van der Waals surface area contributed by atoms with Crippen LogP contribution < -0.4 is 5.32 Å². The molecule has 0 aliphatic heterocycles. The van der Waals surface area contributed by atoms with E-state index in [4.69, 9.17) is 17.3 Å². The van der Waals surface area contributed by atoms with Gasteiger partial charge in [0.05, 0.1) is 5.69 Å². The molecule has 0 saturated carbocycles. The topological polar surface area (TPSA) is 95.8 Å². The maximum Gasteiger partial charge on any atom is 0.325 e. The van der Waals surface area contributed by atoms with E-state index in [9.17, 15) is 4.79 Å². The smallest absolute Gasteiger partial charge is 0.325 e. The summed E-state index contributed by atoms with van der Waals surface area (Å²) >= 11 is 4.98. The highest BCUT2D eigenvalue weighted by Crippen LogP contribution is 2.14. The van der Waals surface area contributed by atoms with Crippen LogP contribution in [0.3, 0.4) is 0 Å². The Labute approximate surface area is 107 Å². The van der Waals surface area contributed by atoms with Crippen molar-refractivity contribution >= 4 is 23.9 Å². The normalized spacial score (nSPS) is 12.1. The highest BCUT2D eigenvalue weighted by atomic mass is 32.1. The SMILES string of the molecule is C[C@H](Nc1cccc(-n2[nH]nnc2=S)c1)C(=O)O. The first-order chi connectivity index (χ1) is 8.58. The summed E-state index contributed by atoms with van der Waals surface area (Å²) in [6.07, 6.45) is 0. The van der Waals surface area contributed by atoms with Gasteiger partial charge in [-0.2, -0.15) is 5.21 Å². The third-order valence-corrected chi connectivity index (χ3v) is 2.59. The molecule has 7 nitrogen and oxygen atoms in total. The van der Waals surface area contributed by atoms with E-state index in [0.717, 1.165) is 5.69 Å². The van der Waals surface area contributed by atoms with Crippen LogP contribution in [-0.4, -0.2) is 37.3 Å². The van der Waals surface area contributed by atoms with Gasteiger partial charge < -0.3 is 10.4 Å². The molecule has 0 fully saturated rings. The number of carboxylic acids is 1. The summed E-state index contributed by atoms with van der Waals surface area (Å²) in [5.41, 5.74) is 1.41. The van der Waals surface area contributed by atoms with E-state index >= 15 is 0 Å². The van der Waals surface area contributed by atoms with E-state index in [-0.39, 0.29) is 0 Å².